The summed E-state index contributed by atoms with van der Waals surface area (Å²) in [6.45, 7) is 2.01. The van der Waals surface area contributed by atoms with Crippen molar-refractivity contribution in [2.24, 2.45) is 0 Å². The zero-order chi connectivity index (χ0) is 13.0. The monoisotopic (exact) mass is 235 g/mol. The Bertz CT molecular complexity index is 606. The first-order valence-electron chi connectivity index (χ1n) is 5.76. The zero-order valence-corrected chi connectivity index (χ0v) is 10.2. The quantitative estimate of drug-likeness (QED) is 0.763. The lowest BCUT2D eigenvalue weighted by Crippen LogP contribution is -1.89. The van der Waals surface area contributed by atoms with Crippen LogP contribution in [0.1, 0.15) is 21.5 Å². The van der Waals surface area contributed by atoms with Crippen LogP contribution in [0.2, 0.25) is 0 Å². The Morgan fingerprint density at radius 3 is 2.33 bits per heavy atom. The normalized spacial score (nSPS) is 9.78. The van der Waals surface area contributed by atoms with Crippen LogP contribution in [-0.4, -0.2) is 6.29 Å². The smallest absolute Gasteiger partial charge is 0.150 e. The highest BCUT2D eigenvalue weighted by Gasteiger charge is 2.02. The number of hydrogen-bond donors (Lipinski definition) is 0. The predicted octanol–water partition coefficient (Wildman–Crippen LogP) is 3.54. The molecule has 0 saturated heterocycles. The lowest BCUT2D eigenvalue weighted by Gasteiger charge is -2.06. The number of aryl methyl sites for hydroxylation is 1. The topological polar surface area (TPSA) is 40.9 Å². The minimum absolute atomic E-state index is 0.441. The fourth-order valence-electron chi connectivity index (χ4n) is 1.91. The lowest BCUT2D eigenvalue weighted by atomic mass is 9.98. The maximum Gasteiger partial charge on any atom is 0.150 e. The van der Waals surface area contributed by atoms with Crippen LogP contribution in [0.5, 0.6) is 0 Å². The maximum absolute atomic E-state index is 10.6. The Morgan fingerprint density at radius 2 is 1.78 bits per heavy atom. The van der Waals surface area contributed by atoms with Gasteiger partial charge in [0.25, 0.3) is 0 Å². The predicted molar refractivity (Wildman–Crippen MR) is 71.3 cm³/mol. The molecule has 0 N–H and O–H groups in total. The van der Waals surface area contributed by atoms with Gasteiger partial charge in [0, 0.05) is 5.56 Å². The Morgan fingerprint density at radius 1 is 1.11 bits per heavy atom. The highest BCUT2D eigenvalue weighted by molar-refractivity contribution is 5.77. The fraction of sp³-hybridized carbons (Fsp3) is 0.125. The summed E-state index contributed by atoms with van der Waals surface area (Å²) in [5.74, 6) is 0. The third kappa shape index (κ3) is 2.46. The van der Waals surface area contributed by atoms with Gasteiger partial charge in [-0.25, -0.2) is 0 Å². The number of carbonyl (C=O) groups is 1. The summed E-state index contributed by atoms with van der Waals surface area (Å²) in [6, 6.07) is 15.7. The van der Waals surface area contributed by atoms with Crippen LogP contribution >= 0.6 is 0 Å². The van der Waals surface area contributed by atoms with Gasteiger partial charge >= 0.3 is 0 Å². The van der Waals surface area contributed by atoms with E-state index in [0.29, 0.717) is 12.0 Å². The van der Waals surface area contributed by atoms with E-state index in [1.54, 1.807) is 12.1 Å². The first-order chi connectivity index (χ1) is 8.74. The molecule has 0 unspecified atom stereocenters. The van der Waals surface area contributed by atoms with Gasteiger partial charge in [0.05, 0.1) is 12.5 Å². The second kappa shape index (κ2) is 5.29. The molecule has 2 heteroatoms. The van der Waals surface area contributed by atoms with Gasteiger partial charge in [0.1, 0.15) is 6.29 Å². The van der Waals surface area contributed by atoms with Crippen LogP contribution in [0.3, 0.4) is 0 Å². The molecule has 2 rings (SSSR count). The summed E-state index contributed by atoms with van der Waals surface area (Å²) in [4.78, 5) is 10.6. The van der Waals surface area contributed by atoms with Gasteiger partial charge in [-0.2, -0.15) is 5.26 Å². The molecule has 0 radical (unpaired) electrons. The van der Waals surface area contributed by atoms with E-state index in [2.05, 4.69) is 12.1 Å². The van der Waals surface area contributed by atoms with E-state index in [1.807, 2.05) is 31.2 Å². The summed E-state index contributed by atoms with van der Waals surface area (Å²) in [7, 11) is 0. The minimum Gasteiger partial charge on any atom is -0.298 e. The molecule has 0 saturated carbocycles. The summed E-state index contributed by atoms with van der Waals surface area (Å²) < 4.78 is 0. The summed E-state index contributed by atoms with van der Waals surface area (Å²) in [5.41, 5.74) is 5.04. The van der Waals surface area contributed by atoms with Crippen molar-refractivity contribution >= 4 is 6.29 Å². The fourth-order valence-corrected chi connectivity index (χ4v) is 1.91. The molecule has 0 aliphatic heterocycles. The average molecular weight is 235 g/mol. The lowest BCUT2D eigenvalue weighted by molar-refractivity contribution is 0.112. The summed E-state index contributed by atoms with van der Waals surface area (Å²) in [5, 5.41) is 8.71. The van der Waals surface area contributed by atoms with E-state index in [9.17, 15) is 4.79 Å². The zero-order valence-electron chi connectivity index (χ0n) is 10.2. The molecule has 0 spiro atoms. The molecular formula is C16H13NO. The molecule has 2 aromatic carbocycles. The van der Waals surface area contributed by atoms with Crippen molar-refractivity contribution in [3.05, 3.63) is 59.2 Å². The molecule has 2 nitrogen and oxygen atoms in total. The van der Waals surface area contributed by atoms with Gasteiger partial charge < -0.3 is 0 Å². The van der Waals surface area contributed by atoms with Crippen molar-refractivity contribution in [3.63, 3.8) is 0 Å². The number of nitriles is 1. The van der Waals surface area contributed by atoms with Gasteiger partial charge in [-0.15, -0.1) is 0 Å². The average Bonchev–Trinajstić information content (AvgIpc) is 2.41. The Labute approximate surface area is 107 Å². The van der Waals surface area contributed by atoms with Crippen LogP contribution in [0, 0.1) is 18.3 Å². The molecular weight excluding hydrogens is 222 g/mol. The highest BCUT2D eigenvalue weighted by atomic mass is 16.1. The van der Waals surface area contributed by atoms with Gasteiger partial charge in [-0.1, -0.05) is 42.5 Å². The van der Waals surface area contributed by atoms with E-state index >= 15 is 0 Å². The van der Waals surface area contributed by atoms with Crippen LogP contribution < -0.4 is 0 Å². The molecule has 2 aromatic rings. The van der Waals surface area contributed by atoms with Crippen LogP contribution in [0.15, 0.2) is 42.5 Å². The maximum atomic E-state index is 10.6. The first-order valence-corrected chi connectivity index (χ1v) is 5.76. The van der Waals surface area contributed by atoms with E-state index in [0.717, 1.165) is 28.5 Å². The van der Waals surface area contributed by atoms with Crippen molar-refractivity contribution in [2.45, 2.75) is 13.3 Å². The van der Waals surface area contributed by atoms with E-state index in [4.69, 9.17) is 5.26 Å². The largest absolute Gasteiger partial charge is 0.298 e. The van der Waals surface area contributed by atoms with E-state index in [-0.39, 0.29) is 0 Å². The third-order valence-corrected chi connectivity index (χ3v) is 2.99. The molecule has 0 aliphatic carbocycles. The molecule has 0 atom stereocenters. The Kier molecular flexibility index (Phi) is 3.54. The van der Waals surface area contributed by atoms with Crippen molar-refractivity contribution in [1.29, 1.82) is 5.26 Å². The van der Waals surface area contributed by atoms with Crippen molar-refractivity contribution in [3.8, 4) is 17.2 Å². The molecule has 0 aromatic heterocycles. The van der Waals surface area contributed by atoms with Crippen LogP contribution in [-0.2, 0) is 6.42 Å². The van der Waals surface area contributed by atoms with E-state index in [1.165, 1.54) is 0 Å². The molecule has 88 valence electrons. The second-order valence-electron chi connectivity index (χ2n) is 4.22. The number of benzene rings is 2. The molecule has 0 heterocycles. The van der Waals surface area contributed by atoms with Gasteiger partial charge in [0.15, 0.2) is 0 Å². The van der Waals surface area contributed by atoms with Crippen LogP contribution in [0.25, 0.3) is 11.1 Å². The number of carbonyl (C=O) groups excluding carboxylic acids is 1. The third-order valence-electron chi connectivity index (χ3n) is 2.99. The highest BCUT2D eigenvalue weighted by Crippen LogP contribution is 2.22. The SMILES string of the molecule is Cc1cc(-c2ccc(C=O)cc2)ccc1CC#N. The summed E-state index contributed by atoms with van der Waals surface area (Å²) in [6.07, 6.45) is 1.28. The molecule has 0 aliphatic rings. The van der Waals surface area contributed by atoms with Gasteiger partial charge in [-0.05, 0) is 29.2 Å². The Hall–Kier alpha value is -2.40. The molecule has 0 amide bonds. The number of aldehydes is 1. The van der Waals surface area contributed by atoms with Crippen LogP contribution in [0.4, 0.5) is 0 Å². The number of nitrogens with zero attached hydrogens (tertiary/aromatic N) is 1. The van der Waals surface area contributed by atoms with Crippen molar-refractivity contribution < 1.29 is 4.79 Å². The number of rotatable bonds is 3. The first kappa shape index (κ1) is 12.1. The second-order valence-corrected chi connectivity index (χ2v) is 4.22. The molecule has 0 bridgehead atoms. The molecule has 18 heavy (non-hydrogen) atoms. The van der Waals surface area contributed by atoms with E-state index < -0.39 is 0 Å². The van der Waals surface area contributed by atoms with Gasteiger partial charge in [0.2, 0.25) is 0 Å². The molecule has 0 fully saturated rings. The minimum atomic E-state index is 0.441. The standard InChI is InChI=1S/C16H13NO/c1-12-10-16(7-6-14(12)8-9-17)15-4-2-13(11-18)3-5-15/h2-7,10-11H,8H2,1H3. The number of hydrogen-bond acceptors (Lipinski definition) is 2. The Balaban J connectivity index is 2.36. The van der Waals surface area contributed by atoms with Crippen molar-refractivity contribution in [1.82, 2.24) is 0 Å². The summed E-state index contributed by atoms with van der Waals surface area (Å²) >= 11 is 0. The van der Waals surface area contributed by atoms with Gasteiger partial charge in [-0.3, -0.25) is 4.79 Å². The van der Waals surface area contributed by atoms with Crippen molar-refractivity contribution in [2.75, 3.05) is 0 Å².